The fraction of sp³-hybridized carbons (Fsp3) is 0.750. The number of benzene rings is 1. The van der Waals surface area contributed by atoms with Crippen LogP contribution in [-0.4, -0.2) is 70.8 Å². The molecule has 8 unspecified atom stereocenters. The van der Waals surface area contributed by atoms with E-state index in [1.54, 1.807) is 19.4 Å². The molecule has 4 saturated carbocycles. The molecule has 6 aliphatic rings. The van der Waals surface area contributed by atoms with Crippen LogP contribution in [0.25, 0.3) is 0 Å². The molecule has 0 radical (unpaired) electrons. The van der Waals surface area contributed by atoms with Crippen molar-refractivity contribution in [2.75, 3.05) is 26.2 Å². The van der Waals surface area contributed by atoms with E-state index in [0.29, 0.717) is 48.2 Å². The molecule has 8 nitrogen and oxygen atoms in total. The van der Waals surface area contributed by atoms with Crippen LogP contribution in [0.2, 0.25) is 0 Å². The Balaban J connectivity index is 1.09. The first-order valence-electron chi connectivity index (χ1n) is 22.2. The number of carboxylic acid groups (broad SMARTS) is 1. The van der Waals surface area contributed by atoms with Crippen molar-refractivity contribution in [3.63, 3.8) is 0 Å². The summed E-state index contributed by atoms with van der Waals surface area (Å²) in [4.78, 5) is 56.1. The molecule has 1 aromatic rings. The van der Waals surface area contributed by atoms with E-state index in [1.807, 2.05) is 4.90 Å². The molecule has 0 bridgehead atoms. The number of ether oxygens (including phenoxy) is 1. The van der Waals surface area contributed by atoms with Gasteiger partial charge in [-0.1, -0.05) is 70.5 Å². The lowest BCUT2D eigenvalue weighted by Crippen LogP contribution is -2.59. The number of fused-ring (bicyclic) bond motifs is 7. The Morgan fingerprint density at radius 2 is 1.71 bits per heavy atom. The van der Waals surface area contributed by atoms with Crippen LogP contribution in [0.5, 0.6) is 0 Å². The van der Waals surface area contributed by atoms with E-state index in [9.17, 15) is 24.3 Å². The van der Waals surface area contributed by atoms with Crippen molar-refractivity contribution < 1.29 is 29.0 Å². The van der Waals surface area contributed by atoms with Crippen LogP contribution in [0, 0.1) is 57.2 Å². The normalized spacial score (nSPS) is 34.0. The molecule has 308 valence electrons. The van der Waals surface area contributed by atoms with Gasteiger partial charge in [-0.15, -0.1) is 0 Å². The summed E-state index contributed by atoms with van der Waals surface area (Å²) in [5, 5.41) is 9.62. The summed E-state index contributed by atoms with van der Waals surface area (Å²) < 4.78 is 6.17. The summed E-state index contributed by atoms with van der Waals surface area (Å²) in [6.45, 7) is 19.1. The van der Waals surface area contributed by atoms with Gasteiger partial charge in [-0.25, -0.2) is 0 Å². The van der Waals surface area contributed by atoms with Gasteiger partial charge in [0, 0.05) is 49.9 Å². The summed E-state index contributed by atoms with van der Waals surface area (Å²) in [5.41, 5.74) is 2.75. The van der Waals surface area contributed by atoms with Gasteiger partial charge >= 0.3 is 11.9 Å². The highest BCUT2D eigenvalue weighted by Crippen LogP contribution is 2.69. The minimum absolute atomic E-state index is 0.0661. The van der Waals surface area contributed by atoms with Gasteiger partial charge in [0.05, 0.1) is 11.8 Å². The van der Waals surface area contributed by atoms with Crippen LogP contribution in [0.15, 0.2) is 41.5 Å². The number of carboxylic acids is 1. The van der Waals surface area contributed by atoms with Crippen molar-refractivity contribution in [3.05, 3.63) is 47.0 Å². The van der Waals surface area contributed by atoms with Crippen molar-refractivity contribution in [1.29, 1.82) is 0 Å². The van der Waals surface area contributed by atoms with Crippen molar-refractivity contribution in [2.24, 2.45) is 57.2 Å². The first-order chi connectivity index (χ1) is 26.5. The van der Waals surface area contributed by atoms with E-state index in [0.717, 1.165) is 83.2 Å². The number of rotatable bonds is 13. The number of carbonyl (C=O) groups is 4. The molecule has 1 aliphatic heterocycles. The standard InChI is InChI=1S/C48H70N2O6/c1-31(2)42-37(51)28-48(23-25-49(30-32-12-9-8-10-13-32)26-27-50-24-11-14-40(50)52)22-19-33-34-16-18-38-46(5,6)39(56-41(53)29-45(3,4)44(54)55)20-21-47(38,7)36(34)17-15-35(33)43(42)48/h8-10,12-13,31,33-36,38-39H,11,14-30H2,1-7H3,(H,54,55). The number of ketones is 1. The highest BCUT2D eigenvalue weighted by atomic mass is 16.5. The summed E-state index contributed by atoms with van der Waals surface area (Å²) >= 11 is 0. The molecule has 0 aromatic heterocycles. The van der Waals surface area contributed by atoms with E-state index in [-0.39, 0.29) is 40.6 Å². The van der Waals surface area contributed by atoms with Crippen molar-refractivity contribution in [3.8, 4) is 0 Å². The predicted molar refractivity (Wildman–Crippen MR) is 218 cm³/mol. The third-order valence-electron chi connectivity index (χ3n) is 16.5. The Morgan fingerprint density at radius 1 is 0.964 bits per heavy atom. The van der Waals surface area contributed by atoms with Gasteiger partial charge in [0.15, 0.2) is 5.78 Å². The Labute approximate surface area is 336 Å². The number of amides is 1. The molecular formula is C48H70N2O6. The van der Waals surface area contributed by atoms with Crippen molar-refractivity contribution in [2.45, 2.75) is 145 Å². The number of hydrogen-bond donors (Lipinski definition) is 1. The third kappa shape index (κ3) is 7.54. The topological polar surface area (TPSA) is 104 Å². The molecule has 8 heteroatoms. The number of allylic oxidation sites excluding steroid dienone is 2. The Morgan fingerprint density at radius 3 is 2.39 bits per heavy atom. The lowest BCUT2D eigenvalue weighted by Gasteiger charge is -2.65. The Kier molecular flexibility index (Phi) is 11.5. The SMILES string of the molecule is CC(C)C1=C2C3CCC4C(CCC5C(C)(C)C(OC(=O)CC(C)(C)C(=O)O)CCC45C)C3CCC2(CCN(CCN2CCCC2=O)Cc2ccccc2)CC1=O. The maximum Gasteiger partial charge on any atom is 0.309 e. The molecule has 56 heavy (non-hydrogen) atoms. The quantitative estimate of drug-likeness (QED) is 0.200. The second-order valence-electron chi connectivity index (χ2n) is 20.9. The zero-order valence-electron chi connectivity index (χ0n) is 35.5. The molecule has 1 aromatic carbocycles. The average Bonchev–Trinajstić information content (AvgIpc) is 3.69. The molecule has 8 atom stereocenters. The summed E-state index contributed by atoms with van der Waals surface area (Å²) in [6, 6.07) is 10.7. The lowest BCUT2D eigenvalue weighted by atomic mass is 9.40. The second kappa shape index (κ2) is 15.6. The number of hydrogen-bond acceptors (Lipinski definition) is 6. The molecule has 1 heterocycles. The smallest absolute Gasteiger partial charge is 0.309 e. The summed E-state index contributed by atoms with van der Waals surface area (Å²) in [6.07, 6.45) is 11.8. The first kappa shape index (κ1) is 41.2. The summed E-state index contributed by atoms with van der Waals surface area (Å²) in [5.74, 6) is 2.30. The molecule has 1 N–H and O–H groups in total. The zero-order chi connectivity index (χ0) is 40.2. The molecule has 5 fully saturated rings. The lowest BCUT2D eigenvalue weighted by molar-refractivity contribution is -0.195. The van der Waals surface area contributed by atoms with Crippen LogP contribution < -0.4 is 0 Å². The fourth-order valence-electron chi connectivity index (χ4n) is 13.7. The maximum atomic E-state index is 14.2. The third-order valence-corrected chi connectivity index (χ3v) is 16.5. The van der Waals surface area contributed by atoms with E-state index >= 15 is 0 Å². The van der Waals surface area contributed by atoms with Gasteiger partial charge in [0.2, 0.25) is 5.91 Å². The Hall–Kier alpha value is -3.00. The maximum absolute atomic E-state index is 14.2. The van der Waals surface area contributed by atoms with Crippen molar-refractivity contribution in [1.82, 2.24) is 9.80 Å². The summed E-state index contributed by atoms with van der Waals surface area (Å²) in [7, 11) is 0. The fourth-order valence-corrected chi connectivity index (χ4v) is 13.7. The van der Waals surface area contributed by atoms with E-state index in [2.05, 4.69) is 69.9 Å². The van der Waals surface area contributed by atoms with Crippen LogP contribution in [0.1, 0.15) is 138 Å². The van der Waals surface area contributed by atoms with Gasteiger partial charge < -0.3 is 14.7 Å². The van der Waals surface area contributed by atoms with Crippen LogP contribution >= 0.6 is 0 Å². The van der Waals surface area contributed by atoms with E-state index in [4.69, 9.17) is 4.74 Å². The highest BCUT2D eigenvalue weighted by molar-refractivity contribution is 6.00. The van der Waals surface area contributed by atoms with Crippen LogP contribution in [0.4, 0.5) is 0 Å². The zero-order valence-corrected chi connectivity index (χ0v) is 35.5. The second-order valence-corrected chi connectivity index (χ2v) is 20.9. The molecule has 1 amide bonds. The van der Waals surface area contributed by atoms with E-state index < -0.39 is 17.4 Å². The van der Waals surface area contributed by atoms with Crippen molar-refractivity contribution >= 4 is 23.6 Å². The number of nitrogens with zero attached hydrogens (tertiary/aromatic N) is 2. The molecular weight excluding hydrogens is 701 g/mol. The van der Waals surface area contributed by atoms with Gasteiger partial charge in [0.1, 0.15) is 6.10 Å². The molecule has 1 saturated heterocycles. The average molecular weight is 771 g/mol. The minimum atomic E-state index is -1.15. The van der Waals surface area contributed by atoms with Gasteiger partial charge in [0.25, 0.3) is 0 Å². The highest BCUT2D eigenvalue weighted by Gasteiger charge is 2.63. The molecule has 7 rings (SSSR count). The number of carbonyl (C=O) groups excluding carboxylic acids is 3. The van der Waals surface area contributed by atoms with Crippen LogP contribution in [0.3, 0.4) is 0 Å². The first-order valence-corrected chi connectivity index (χ1v) is 22.2. The van der Waals surface area contributed by atoms with Gasteiger partial charge in [-0.05, 0) is 137 Å². The molecule has 0 spiro atoms. The monoisotopic (exact) mass is 771 g/mol. The van der Waals surface area contributed by atoms with Crippen LogP contribution in [-0.2, 0) is 30.5 Å². The van der Waals surface area contributed by atoms with E-state index in [1.165, 1.54) is 24.8 Å². The number of esters is 1. The van der Waals surface area contributed by atoms with Gasteiger partial charge in [-0.3, -0.25) is 24.1 Å². The minimum Gasteiger partial charge on any atom is -0.481 e. The number of likely N-dealkylation sites (tertiary alicyclic amines) is 1. The molecule has 5 aliphatic carbocycles. The number of Topliss-reactive ketones (excluding diaryl/α,β-unsaturated/α-hetero) is 1. The number of aliphatic carboxylic acids is 1. The largest absolute Gasteiger partial charge is 0.481 e. The van der Waals surface area contributed by atoms with Gasteiger partial charge in [-0.2, -0.15) is 0 Å². The predicted octanol–water partition coefficient (Wildman–Crippen LogP) is 9.11. The Bertz CT molecular complexity index is 1700.